The number of rotatable bonds is 2. The van der Waals surface area contributed by atoms with E-state index in [0.29, 0.717) is 0 Å². The van der Waals surface area contributed by atoms with Crippen LogP contribution in [0, 0.1) is 5.82 Å². The summed E-state index contributed by atoms with van der Waals surface area (Å²) in [6, 6.07) is 0.248. The summed E-state index contributed by atoms with van der Waals surface area (Å²) in [5.74, 6) is -2.23. The highest BCUT2D eigenvalue weighted by Gasteiger charge is 2.37. The molecule has 1 heterocycles. The van der Waals surface area contributed by atoms with E-state index in [4.69, 9.17) is 11.6 Å². The number of hydrogen-bond acceptors (Lipinski definition) is 1. The second kappa shape index (κ2) is 4.48. The lowest BCUT2D eigenvalue weighted by Crippen LogP contribution is -2.15. The lowest BCUT2D eigenvalue weighted by molar-refractivity contribution is -0.142. The van der Waals surface area contributed by atoms with Gasteiger partial charge in [-0.15, -0.1) is 11.6 Å². The summed E-state index contributed by atoms with van der Waals surface area (Å²) in [5.41, 5.74) is -3.91. The molecule has 1 rings (SSSR count). The normalized spacial score (nSPS) is 12.2. The van der Waals surface area contributed by atoms with Crippen molar-refractivity contribution in [1.82, 2.24) is 4.98 Å². The van der Waals surface area contributed by atoms with Crippen LogP contribution in [0.2, 0.25) is 0 Å². The predicted octanol–water partition coefficient (Wildman–Crippen LogP) is 3.92. The van der Waals surface area contributed by atoms with Gasteiger partial charge in [-0.1, -0.05) is 0 Å². The van der Waals surface area contributed by atoms with Gasteiger partial charge in [0.15, 0.2) is 5.69 Å². The van der Waals surface area contributed by atoms with Gasteiger partial charge in [0, 0.05) is 11.6 Å². The van der Waals surface area contributed by atoms with Crippen molar-refractivity contribution >= 4 is 11.6 Å². The van der Waals surface area contributed by atoms with Crippen LogP contribution in [0.15, 0.2) is 6.07 Å². The lowest BCUT2D eigenvalue weighted by atomic mass is 10.1. The summed E-state index contributed by atoms with van der Waals surface area (Å²) in [6.45, 7) is 0. The van der Waals surface area contributed by atoms with Crippen molar-refractivity contribution in [2.24, 2.45) is 0 Å². The van der Waals surface area contributed by atoms with Gasteiger partial charge in [0.25, 0.3) is 6.43 Å². The van der Waals surface area contributed by atoms with Gasteiger partial charge in [0.2, 0.25) is 0 Å². The quantitative estimate of drug-likeness (QED) is 0.582. The van der Waals surface area contributed by atoms with Crippen LogP contribution in [0.1, 0.15) is 23.4 Å². The largest absolute Gasteiger partial charge is 0.433 e. The molecule has 8 heteroatoms. The van der Waals surface area contributed by atoms with Crippen LogP contribution in [0.5, 0.6) is 0 Å². The third-order valence-corrected chi connectivity index (χ3v) is 1.98. The van der Waals surface area contributed by atoms with E-state index in [2.05, 4.69) is 4.98 Å². The van der Waals surface area contributed by atoms with E-state index in [1.165, 1.54) is 0 Å². The highest BCUT2D eigenvalue weighted by atomic mass is 35.5. The van der Waals surface area contributed by atoms with Crippen molar-refractivity contribution in [3.8, 4) is 0 Å². The minimum atomic E-state index is -5.02. The first kappa shape index (κ1) is 13.1. The van der Waals surface area contributed by atoms with Crippen molar-refractivity contribution in [3.63, 3.8) is 0 Å². The molecule has 90 valence electrons. The molecule has 0 N–H and O–H groups in total. The van der Waals surface area contributed by atoms with E-state index in [1.54, 1.807) is 0 Å². The third-order valence-electron chi connectivity index (χ3n) is 1.72. The van der Waals surface area contributed by atoms with Crippen LogP contribution >= 0.6 is 11.6 Å². The number of aromatic nitrogens is 1. The number of alkyl halides is 6. The van der Waals surface area contributed by atoms with Gasteiger partial charge in [-0.25, -0.2) is 18.2 Å². The maximum Gasteiger partial charge on any atom is 0.433 e. The maximum absolute atomic E-state index is 13.0. The Morgan fingerprint density at radius 3 is 2.25 bits per heavy atom. The van der Waals surface area contributed by atoms with Gasteiger partial charge in [-0.05, 0) is 0 Å². The molecule has 1 nitrogen and oxygen atoms in total. The summed E-state index contributed by atoms with van der Waals surface area (Å²) in [5, 5.41) is 0. The Balaban J connectivity index is 3.43. The zero-order chi connectivity index (χ0) is 12.5. The van der Waals surface area contributed by atoms with E-state index in [0.717, 1.165) is 0 Å². The molecular weight excluding hydrogens is 260 g/mol. The zero-order valence-corrected chi connectivity index (χ0v) is 8.21. The van der Waals surface area contributed by atoms with Crippen LogP contribution < -0.4 is 0 Å². The summed E-state index contributed by atoms with van der Waals surface area (Å²) in [4.78, 5) is 2.68. The average molecular weight is 264 g/mol. The Kier molecular flexibility index (Phi) is 3.67. The van der Waals surface area contributed by atoms with Crippen LogP contribution in [-0.2, 0) is 12.1 Å². The molecular formula is C8H4ClF6N. The Morgan fingerprint density at radius 1 is 1.31 bits per heavy atom. The van der Waals surface area contributed by atoms with E-state index in [-0.39, 0.29) is 6.07 Å². The van der Waals surface area contributed by atoms with Crippen LogP contribution in [0.4, 0.5) is 26.3 Å². The van der Waals surface area contributed by atoms with Crippen LogP contribution in [0.25, 0.3) is 0 Å². The van der Waals surface area contributed by atoms with Crippen molar-refractivity contribution in [2.75, 3.05) is 0 Å². The maximum atomic E-state index is 13.0. The standard InChI is InChI=1S/C8H4ClF6N/c9-2-3-4(10)1-5(7(11)12)16-6(3)8(13,14)15/h1,7H,2H2. The summed E-state index contributed by atoms with van der Waals surface area (Å²) in [7, 11) is 0. The van der Waals surface area contributed by atoms with Gasteiger partial charge in [0.1, 0.15) is 11.5 Å². The third kappa shape index (κ3) is 2.58. The minimum absolute atomic E-state index is 0.248. The molecule has 1 aromatic rings. The topological polar surface area (TPSA) is 12.9 Å². The van der Waals surface area contributed by atoms with Gasteiger partial charge in [0.05, 0.1) is 5.88 Å². The van der Waals surface area contributed by atoms with Crippen molar-refractivity contribution in [1.29, 1.82) is 0 Å². The average Bonchev–Trinajstić information content (AvgIpc) is 2.14. The van der Waals surface area contributed by atoms with E-state index in [9.17, 15) is 26.3 Å². The van der Waals surface area contributed by atoms with Gasteiger partial charge in [-0.3, -0.25) is 0 Å². The number of hydrogen-bond donors (Lipinski definition) is 0. The lowest BCUT2D eigenvalue weighted by Gasteiger charge is -2.12. The summed E-state index contributed by atoms with van der Waals surface area (Å²) >= 11 is 5.11. The molecule has 0 radical (unpaired) electrons. The molecule has 1 aromatic heterocycles. The number of nitrogens with zero attached hydrogens (tertiary/aromatic N) is 1. The van der Waals surface area contributed by atoms with Crippen molar-refractivity contribution in [2.45, 2.75) is 18.5 Å². The number of halogens is 7. The Bertz CT molecular complexity index is 389. The number of pyridine rings is 1. The SMILES string of the molecule is Fc1cc(C(F)F)nc(C(F)(F)F)c1CCl. The molecule has 0 fully saturated rings. The van der Waals surface area contributed by atoms with E-state index >= 15 is 0 Å². The molecule has 0 bridgehead atoms. The molecule has 0 spiro atoms. The molecule has 0 amide bonds. The van der Waals surface area contributed by atoms with Crippen molar-refractivity contribution < 1.29 is 26.3 Å². The molecule has 0 aromatic carbocycles. The van der Waals surface area contributed by atoms with Crippen LogP contribution in [0.3, 0.4) is 0 Å². The monoisotopic (exact) mass is 263 g/mol. The fourth-order valence-electron chi connectivity index (χ4n) is 1.03. The van der Waals surface area contributed by atoms with E-state index < -0.39 is 41.3 Å². The molecule has 0 aliphatic rings. The molecule has 16 heavy (non-hydrogen) atoms. The molecule has 0 saturated heterocycles. The molecule has 0 atom stereocenters. The first-order chi connectivity index (χ1) is 7.27. The van der Waals surface area contributed by atoms with Crippen molar-refractivity contribution in [3.05, 3.63) is 28.8 Å². The molecule has 0 unspecified atom stereocenters. The fourth-order valence-corrected chi connectivity index (χ4v) is 1.29. The van der Waals surface area contributed by atoms with E-state index in [1.807, 2.05) is 0 Å². The van der Waals surface area contributed by atoms with Gasteiger partial charge < -0.3 is 0 Å². The first-order valence-electron chi connectivity index (χ1n) is 3.88. The summed E-state index contributed by atoms with van der Waals surface area (Å²) in [6.07, 6.45) is -8.30. The van der Waals surface area contributed by atoms with Gasteiger partial charge in [-0.2, -0.15) is 13.2 Å². The Hall–Kier alpha value is -0.980. The molecule has 0 aliphatic carbocycles. The molecule has 0 aliphatic heterocycles. The Labute approximate surface area is 91.0 Å². The zero-order valence-electron chi connectivity index (χ0n) is 7.45. The highest BCUT2D eigenvalue weighted by molar-refractivity contribution is 6.17. The minimum Gasteiger partial charge on any atom is -0.242 e. The highest BCUT2D eigenvalue weighted by Crippen LogP contribution is 2.34. The second-order valence-corrected chi connectivity index (χ2v) is 3.06. The Morgan fingerprint density at radius 2 is 1.88 bits per heavy atom. The smallest absolute Gasteiger partial charge is 0.242 e. The molecule has 0 saturated carbocycles. The second-order valence-electron chi connectivity index (χ2n) is 2.79. The first-order valence-corrected chi connectivity index (χ1v) is 4.41. The fraction of sp³-hybridized carbons (Fsp3) is 0.375. The van der Waals surface area contributed by atoms with Crippen LogP contribution in [-0.4, -0.2) is 4.98 Å². The predicted molar refractivity (Wildman–Crippen MR) is 43.7 cm³/mol. The summed E-state index contributed by atoms with van der Waals surface area (Å²) < 4.78 is 74.3. The van der Waals surface area contributed by atoms with Gasteiger partial charge >= 0.3 is 6.18 Å².